The first-order valence-electron chi connectivity index (χ1n) is 9.95. The highest BCUT2D eigenvalue weighted by atomic mass is 35.5. The lowest BCUT2D eigenvalue weighted by Gasteiger charge is -2.05. The van der Waals surface area contributed by atoms with Gasteiger partial charge in [0.15, 0.2) is 5.58 Å². The summed E-state index contributed by atoms with van der Waals surface area (Å²) in [7, 11) is 0. The molecule has 1 N–H and O–H groups in total. The van der Waals surface area contributed by atoms with Gasteiger partial charge in [-0.25, -0.2) is 4.98 Å². The summed E-state index contributed by atoms with van der Waals surface area (Å²) in [6.45, 7) is 0. The summed E-state index contributed by atoms with van der Waals surface area (Å²) < 4.78 is 11.6. The van der Waals surface area contributed by atoms with Gasteiger partial charge < -0.3 is 14.2 Å². The monoisotopic (exact) mass is 440 g/mol. The van der Waals surface area contributed by atoms with Gasteiger partial charge in [0.2, 0.25) is 11.8 Å². The Labute approximate surface area is 189 Å². The van der Waals surface area contributed by atoms with Gasteiger partial charge in [0.1, 0.15) is 17.0 Å². The highest BCUT2D eigenvalue weighted by Crippen LogP contribution is 2.32. The quantitative estimate of drug-likeness (QED) is 0.297. The van der Waals surface area contributed by atoms with E-state index in [0.717, 1.165) is 16.8 Å². The van der Waals surface area contributed by atoms with Gasteiger partial charge in [-0.2, -0.15) is 0 Å². The highest BCUT2D eigenvalue weighted by Gasteiger charge is 2.13. The van der Waals surface area contributed by atoms with Crippen LogP contribution in [-0.4, -0.2) is 10.9 Å². The number of para-hydroxylation sites is 2. The lowest BCUT2D eigenvalue weighted by Crippen LogP contribution is -2.07. The van der Waals surface area contributed by atoms with Gasteiger partial charge in [-0.15, -0.1) is 0 Å². The van der Waals surface area contributed by atoms with Crippen molar-refractivity contribution in [1.82, 2.24) is 4.98 Å². The number of nitrogens with one attached hydrogen (secondary N) is 1. The number of benzene rings is 3. The van der Waals surface area contributed by atoms with Gasteiger partial charge in [0.25, 0.3) is 0 Å². The molecule has 2 aromatic heterocycles. The second-order valence-corrected chi connectivity index (χ2v) is 7.48. The molecule has 0 spiro atoms. The number of hydrogen-bond acceptors (Lipinski definition) is 4. The lowest BCUT2D eigenvalue weighted by atomic mass is 10.2. The Morgan fingerprint density at radius 2 is 1.72 bits per heavy atom. The van der Waals surface area contributed by atoms with E-state index in [4.69, 9.17) is 20.4 Å². The molecule has 32 heavy (non-hydrogen) atoms. The molecule has 2 heterocycles. The molecule has 5 rings (SSSR count). The zero-order valence-corrected chi connectivity index (χ0v) is 17.5. The molecule has 0 aliphatic heterocycles. The number of amides is 1. The number of furan rings is 1. The van der Waals surface area contributed by atoms with E-state index in [1.165, 1.54) is 6.08 Å². The minimum atomic E-state index is -0.298. The van der Waals surface area contributed by atoms with E-state index in [-0.39, 0.29) is 5.91 Å². The van der Waals surface area contributed by atoms with Crippen LogP contribution in [0, 0.1) is 0 Å². The summed E-state index contributed by atoms with van der Waals surface area (Å²) in [4.78, 5) is 16.9. The van der Waals surface area contributed by atoms with Crippen LogP contribution < -0.4 is 5.32 Å². The summed E-state index contributed by atoms with van der Waals surface area (Å²) in [6.07, 6.45) is 3.04. The van der Waals surface area contributed by atoms with Gasteiger partial charge in [-0.3, -0.25) is 4.79 Å². The lowest BCUT2D eigenvalue weighted by molar-refractivity contribution is -0.111. The van der Waals surface area contributed by atoms with Crippen molar-refractivity contribution >= 4 is 40.4 Å². The van der Waals surface area contributed by atoms with Gasteiger partial charge in [0.05, 0.1) is 10.6 Å². The first kappa shape index (κ1) is 19.8. The molecule has 0 unspecified atom stereocenters. The minimum Gasteiger partial charge on any atom is -0.457 e. The summed E-state index contributed by atoms with van der Waals surface area (Å²) in [5.41, 5.74) is 3.56. The molecule has 1 amide bonds. The number of aromatic nitrogens is 1. The summed E-state index contributed by atoms with van der Waals surface area (Å²) >= 11 is 6.35. The predicted molar refractivity (Wildman–Crippen MR) is 126 cm³/mol. The first-order chi connectivity index (χ1) is 15.7. The number of nitrogens with zero attached hydrogens (tertiary/aromatic N) is 1. The SMILES string of the molecule is O=C(/C=C/c1ccc(-c2ccccc2)o1)Nc1ccc(Cl)c(-c2nc3ccccc3o2)c1. The van der Waals surface area contributed by atoms with Gasteiger partial charge >= 0.3 is 0 Å². The third kappa shape index (κ3) is 4.19. The third-order valence-electron chi connectivity index (χ3n) is 4.84. The fourth-order valence-corrected chi connectivity index (χ4v) is 3.49. The van der Waals surface area contributed by atoms with Crippen molar-refractivity contribution in [2.45, 2.75) is 0 Å². The van der Waals surface area contributed by atoms with Crippen LogP contribution in [0.15, 0.2) is 99.8 Å². The number of carbonyl (C=O) groups excluding carboxylic acids is 1. The van der Waals surface area contributed by atoms with Crippen LogP contribution in [0.3, 0.4) is 0 Å². The maximum atomic E-state index is 12.4. The normalized spacial score (nSPS) is 11.3. The molecule has 0 saturated carbocycles. The number of oxazole rings is 1. The first-order valence-corrected chi connectivity index (χ1v) is 10.3. The van der Waals surface area contributed by atoms with Crippen LogP contribution >= 0.6 is 11.6 Å². The summed E-state index contributed by atoms with van der Waals surface area (Å²) in [5.74, 6) is 1.42. The second kappa shape index (κ2) is 8.57. The van der Waals surface area contributed by atoms with Crippen molar-refractivity contribution in [3.63, 3.8) is 0 Å². The van der Waals surface area contributed by atoms with Crippen LogP contribution in [0.1, 0.15) is 5.76 Å². The van der Waals surface area contributed by atoms with E-state index in [1.54, 1.807) is 24.3 Å². The van der Waals surface area contributed by atoms with Gasteiger partial charge in [0, 0.05) is 17.3 Å². The molecule has 0 bridgehead atoms. The molecule has 6 heteroatoms. The standard InChI is InChI=1S/C26H17ClN2O3/c27-21-13-10-18(16-20(21)26-29-22-8-4-5-9-24(22)32-26)28-25(30)15-12-19-11-14-23(31-19)17-6-2-1-3-7-17/h1-16H,(H,28,30)/b15-12+. The van der Waals surface area contributed by atoms with Crippen LogP contribution in [0.2, 0.25) is 5.02 Å². The average Bonchev–Trinajstić information content (AvgIpc) is 3.47. The van der Waals surface area contributed by atoms with Crippen molar-refractivity contribution in [2.24, 2.45) is 0 Å². The molecule has 0 fully saturated rings. The number of carbonyl (C=O) groups is 1. The van der Waals surface area contributed by atoms with E-state index in [2.05, 4.69) is 10.3 Å². The molecular formula is C26H17ClN2O3. The Bertz CT molecular complexity index is 1400. The largest absolute Gasteiger partial charge is 0.457 e. The topological polar surface area (TPSA) is 68.3 Å². The number of hydrogen-bond donors (Lipinski definition) is 1. The Morgan fingerprint density at radius 3 is 2.56 bits per heavy atom. The average molecular weight is 441 g/mol. The summed E-state index contributed by atoms with van der Waals surface area (Å²) in [6, 6.07) is 26.1. The second-order valence-electron chi connectivity index (χ2n) is 7.07. The van der Waals surface area contributed by atoms with E-state index in [0.29, 0.717) is 33.5 Å². The minimum absolute atomic E-state index is 0.298. The van der Waals surface area contributed by atoms with E-state index in [1.807, 2.05) is 66.7 Å². The van der Waals surface area contributed by atoms with Gasteiger partial charge in [-0.05, 0) is 48.5 Å². The molecule has 0 aliphatic rings. The number of halogens is 1. The molecule has 0 saturated heterocycles. The Hall–Kier alpha value is -4.09. The van der Waals surface area contributed by atoms with Crippen LogP contribution in [0.25, 0.3) is 40.0 Å². The molecule has 3 aromatic carbocycles. The van der Waals surface area contributed by atoms with Crippen LogP contribution in [-0.2, 0) is 4.79 Å². The number of anilines is 1. The molecule has 0 atom stereocenters. The molecular weight excluding hydrogens is 424 g/mol. The van der Waals surface area contributed by atoms with Crippen LogP contribution in [0.4, 0.5) is 5.69 Å². The Balaban J connectivity index is 1.31. The van der Waals surface area contributed by atoms with E-state index < -0.39 is 0 Å². The van der Waals surface area contributed by atoms with Crippen LogP contribution in [0.5, 0.6) is 0 Å². The van der Waals surface area contributed by atoms with Crippen molar-refractivity contribution < 1.29 is 13.6 Å². The maximum absolute atomic E-state index is 12.4. The fraction of sp³-hybridized carbons (Fsp3) is 0. The Kier molecular flexibility index (Phi) is 5.32. The third-order valence-corrected chi connectivity index (χ3v) is 5.17. The zero-order valence-electron chi connectivity index (χ0n) is 16.8. The molecule has 0 radical (unpaired) electrons. The maximum Gasteiger partial charge on any atom is 0.248 e. The Morgan fingerprint density at radius 1 is 0.906 bits per heavy atom. The molecule has 5 nitrogen and oxygen atoms in total. The van der Waals surface area contributed by atoms with Crippen molar-refractivity contribution in [3.8, 4) is 22.8 Å². The number of rotatable bonds is 5. The predicted octanol–water partition coefficient (Wildman–Crippen LogP) is 7.06. The zero-order chi connectivity index (χ0) is 21.9. The fourth-order valence-electron chi connectivity index (χ4n) is 3.30. The molecule has 5 aromatic rings. The van der Waals surface area contributed by atoms with E-state index in [9.17, 15) is 4.79 Å². The smallest absolute Gasteiger partial charge is 0.248 e. The van der Waals surface area contributed by atoms with E-state index >= 15 is 0 Å². The van der Waals surface area contributed by atoms with Crippen molar-refractivity contribution in [1.29, 1.82) is 0 Å². The summed E-state index contributed by atoms with van der Waals surface area (Å²) in [5, 5.41) is 3.31. The van der Waals surface area contributed by atoms with Crippen molar-refractivity contribution in [3.05, 3.63) is 102 Å². The van der Waals surface area contributed by atoms with Gasteiger partial charge in [-0.1, -0.05) is 54.1 Å². The molecule has 156 valence electrons. The van der Waals surface area contributed by atoms with Crippen molar-refractivity contribution in [2.75, 3.05) is 5.32 Å². The number of fused-ring (bicyclic) bond motifs is 1. The molecule has 0 aliphatic carbocycles. The highest BCUT2D eigenvalue weighted by molar-refractivity contribution is 6.33.